The van der Waals surface area contributed by atoms with Crippen molar-refractivity contribution in [2.24, 2.45) is 7.05 Å². The Hall–Kier alpha value is -3.33. The number of allylic oxidation sites excluding steroid dienone is 1. The highest BCUT2D eigenvalue weighted by molar-refractivity contribution is 7.11. The summed E-state index contributed by atoms with van der Waals surface area (Å²) in [5.41, 5.74) is 0.335. The number of ether oxygens (including phenoxy) is 1. The SMILES string of the molecule is C=C(/C=c1/cc(C(=O)O)sc1=C)NC(=O)c1cc(NC(=O)OC(C)(C)C)cn1C. The molecule has 0 radical (unpaired) electrons. The lowest BCUT2D eigenvalue weighted by Crippen LogP contribution is -2.27. The number of anilines is 1. The Kier molecular flexibility index (Phi) is 6.33. The third-order valence-electron chi connectivity index (χ3n) is 3.54. The first-order chi connectivity index (χ1) is 13.4. The van der Waals surface area contributed by atoms with Crippen molar-refractivity contribution in [3.8, 4) is 0 Å². The van der Waals surface area contributed by atoms with E-state index in [2.05, 4.69) is 23.8 Å². The maximum absolute atomic E-state index is 12.5. The molecule has 2 aromatic heterocycles. The largest absolute Gasteiger partial charge is 0.477 e. The van der Waals surface area contributed by atoms with E-state index in [1.165, 1.54) is 12.1 Å². The maximum Gasteiger partial charge on any atom is 0.412 e. The summed E-state index contributed by atoms with van der Waals surface area (Å²) in [6.07, 6.45) is 2.51. The lowest BCUT2D eigenvalue weighted by atomic mass is 10.2. The molecule has 0 atom stereocenters. The van der Waals surface area contributed by atoms with Gasteiger partial charge < -0.3 is 19.7 Å². The van der Waals surface area contributed by atoms with Crippen LogP contribution in [-0.2, 0) is 11.8 Å². The highest BCUT2D eigenvalue weighted by Gasteiger charge is 2.18. The zero-order valence-corrected chi connectivity index (χ0v) is 17.5. The first-order valence-electron chi connectivity index (χ1n) is 8.56. The normalized spacial score (nSPS) is 11.8. The number of rotatable bonds is 5. The molecule has 154 valence electrons. The summed E-state index contributed by atoms with van der Waals surface area (Å²) < 4.78 is 7.29. The van der Waals surface area contributed by atoms with Gasteiger partial charge in [-0.25, -0.2) is 9.59 Å². The van der Waals surface area contributed by atoms with Gasteiger partial charge in [0.2, 0.25) is 0 Å². The number of carbonyl (C=O) groups excluding carboxylic acids is 2. The smallest absolute Gasteiger partial charge is 0.412 e. The van der Waals surface area contributed by atoms with Crippen LogP contribution in [0.15, 0.2) is 30.6 Å². The molecule has 2 aromatic rings. The Morgan fingerprint density at radius 3 is 2.48 bits per heavy atom. The van der Waals surface area contributed by atoms with Crippen LogP contribution < -0.4 is 20.4 Å². The number of carbonyl (C=O) groups is 3. The van der Waals surface area contributed by atoms with E-state index in [1.807, 2.05) is 0 Å². The molecule has 0 unspecified atom stereocenters. The molecule has 0 fully saturated rings. The van der Waals surface area contributed by atoms with Crippen molar-refractivity contribution >= 4 is 47.6 Å². The molecule has 29 heavy (non-hydrogen) atoms. The number of nitrogens with zero attached hydrogens (tertiary/aromatic N) is 1. The average molecular weight is 417 g/mol. The van der Waals surface area contributed by atoms with E-state index >= 15 is 0 Å². The minimum absolute atomic E-state index is 0.153. The van der Waals surface area contributed by atoms with Gasteiger partial charge in [0.25, 0.3) is 5.91 Å². The lowest BCUT2D eigenvalue weighted by molar-refractivity contribution is 0.0634. The number of carboxylic acid groups (broad SMARTS) is 1. The van der Waals surface area contributed by atoms with Crippen LogP contribution >= 0.6 is 11.3 Å². The summed E-state index contributed by atoms with van der Waals surface area (Å²) in [5.74, 6) is -1.48. The molecule has 2 amide bonds. The zero-order valence-electron chi connectivity index (χ0n) is 16.7. The highest BCUT2D eigenvalue weighted by Crippen LogP contribution is 2.15. The van der Waals surface area contributed by atoms with Gasteiger partial charge in [0.15, 0.2) is 0 Å². The Labute approximate surface area is 171 Å². The van der Waals surface area contributed by atoms with Crippen molar-refractivity contribution in [2.75, 3.05) is 5.32 Å². The summed E-state index contributed by atoms with van der Waals surface area (Å²) in [7, 11) is 1.66. The van der Waals surface area contributed by atoms with Crippen molar-refractivity contribution in [3.63, 3.8) is 0 Å². The third kappa shape index (κ3) is 6.08. The molecule has 3 N–H and O–H groups in total. The molecule has 9 heteroatoms. The summed E-state index contributed by atoms with van der Waals surface area (Å²) in [6, 6.07) is 2.98. The van der Waals surface area contributed by atoms with Crippen molar-refractivity contribution < 1.29 is 24.2 Å². The van der Waals surface area contributed by atoms with Crippen LogP contribution in [0, 0.1) is 0 Å². The quantitative estimate of drug-likeness (QED) is 0.691. The van der Waals surface area contributed by atoms with Gasteiger partial charge in [-0.3, -0.25) is 10.1 Å². The molecule has 0 aromatic carbocycles. The monoisotopic (exact) mass is 417 g/mol. The second-order valence-electron chi connectivity index (χ2n) is 7.27. The summed E-state index contributed by atoms with van der Waals surface area (Å²) >= 11 is 1.04. The third-order valence-corrected chi connectivity index (χ3v) is 4.53. The van der Waals surface area contributed by atoms with E-state index in [0.717, 1.165) is 11.3 Å². The minimum atomic E-state index is -1.04. The van der Waals surface area contributed by atoms with E-state index in [0.29, 0.717) is 15.4 Å². The van der Waals surface area contributed by atoms with Crippen LogP contribution in [0.4, 0.5) is 10.5 Å². The van der Waals surface area contributed by atoms with Gasteiger partial charge in [-0.1, -0.05) is 13.2 Å². The van der Waals surface area contributed by atoms with Crippen LogP contribution in [0.3, 0.4) is 0 Å². The number of nitrogens with one attached hydrogen (secondary N) is 2. The Morgan fingerprint density at radius 2 is 1.93 bits per heavy atom. The Bertz CT molecular complexity index is 1090. The number of aryl methyl sites for hydroxylation is 1. The molecule has 0 aliphatic carbocycles. The fourth-order valence-corrected chi connectivity index (χ4v) is 3.16. The van der Waals surface area contributed by atoms with Gasteiger partial charge in [-0.2, -0.15) is 0 Å². The van der Waals surface area contributed by atoms with Crippen LogP contribution in [0.1, 0.15) is 40.9 Å². The number of amides is 2. The first-order valence-corrected chi connectivity index (χ1v) is 9.38. The highest BCUT2D eigenvalue weighted by atomic mass is 32.1. The number of hydrogen-bond donors (Lipinski definition) is 3. The number of thiophene rings is 1. The standard InChI is InChI=1S/C20H23N3O5S/c1-11(7-13-8-16(18(25)26)29-12(13)2)21-17(24)15-9-14(10-23(15)6)22-19(27)28-20(3,4)5/h7-10H,1-2H2,3-6H3,(H,21,24)(H,22,27)(H,25,26)/b13-7-. The van der Waals surface area contributed by atoms with Gasteiger partial charge >= 0.3 is 12.1 Å². The molecule has 0 spiro atoms. The lowest BCUT2D eigenvalue weighted by Gasteiger charge is -2.19. The summed E-state index contributed by atoms with van der Waals surface area (Å²) in [4.78, 5) is 35.6. The average Bonchev–Trinajstić information content (AvgIpc) is 3.08. The molecule has 2 rings (SSSR count). The number of aromatic nitrogens is 1. The van der Waals surface area contributed by atoms with Crippen molar-refractivity contribution in [1.29, 1.82) is 0 Å². The number of carboxylic acids is 1. The summed E-state index contributed by atoms with van der Waals surface area (Å²) in [6.45, 7) is 12.8. The fourth-order valence-electron chi connectivity index (χ4n) is 2.38. The molecule has 2 heterocycles. The predicted octanol–water partition coefficient (Wildman–Crippen LogP) is 2.27. The molecule has 0 bridgehead atoms. The molecule has 0 saturated heterocycles. The van der Waals surface area contributed by atoms with Crippen molar-refractivity contribution in [3.05, 3.63) is 50.9 Å². The molecular formula is C20H23N3O5S. The van der Waals surface area contributed by atoms with Gasteiger partial charge in [0.05, 0.1) is 5.69 Å². The van der Waals surface area contributed by atoms with Crippen molar-refractivity contribution in [2.45, 2.75) is 26.4 Å². The van der Waals surface area contributed by atoms with E-state index in [4.69, 9.17) is 9.84 Å². The molecular weight excluding hydrogens is 394 g/mol. The van der Waals surface area contributed by atoms with Crippen molar-refractivity contribution in [1.82, 2.24) is 9.88 Å². The van der Waals surface area contributed by atoms with E-state index < -0.39 is 23.6 Å². The maximum atomic E-state index is 12.5. The second kappa shape index (κ2) is 8.36. The second-order valence-corrected chi connectivity index (χ2v) is 8.41. The van der Waals surface area contributed by atoms with Crippen LogP contribution in [0.2, 0.25) is 0 Å². The molecule has 0 saturated carbocycles. The van der Waals surface area contributed by atoms with Gasteiger partial charge in [0, 0.05) is 23.5 Å². The minimum Gasteiger partial charge on any atom is -0.477 e. The van der Waals surface area contributed by atoms with Crippen LogP contribution in [0.25, 0.3) is 12.7 Å². The Morgan fingerprint density at radius 1 is 1.28 bits per heavy atom. The zero-order chi connectivity index (χ0) is 21.9. The van der Waals surface area contributed by atoms with E-state index in [-0.39, 0.29) is 16.3 Å². The molecule has 0 aliphatic rings. The topological polar surface area (TPSA) is 110 Å². The Balaban J connectivity index is 2.11. The number of aromatic carboxylic acids is 1. The fraction of sp³-hybridized carbons (Fsp3) is 0.250. The van der Waals surface area contributed by atoms with E-state index in [9.17, 15) is 14.4 Å². The van der Waals surface area contributed by atoms with E-state index in [1.54, 1.807) is 44.7 Å². The number of hydrogen-bond acceptors (Lipinski definition) is 5. The van der Waals surface area contributed by atoms with Crippen LogP contribution in [0.5, 0.6) is 0 Å². The van der Waals surface area contributed by atoms with Crippen LogP contribution in [-0.4, -0.2) is 33.2 Å². The summed E-state index contributed by atoms with van der Waals surface area (Å²) in [5, 5.41) is 14.8. The predicted molar refractivity (Wildman–Crippen MR) is 112 cm³/mol. The van der Waals surface area contributed by atoms with Gasteiger partial charge in [0.1, 0.15) is 16.2 Å². The molecule has 8 nitrogen and oxygen atoms in total. The van der Waals surface area contributed by atoms with Gasteiger partial charge in [-0.05, 0) is 44.2 Å². The first kappa shape index (κ1) is 22.0. The molecule has 0 aliphatic heterocycles. The van der Waals surface area contributed by atoms with Gasteiger partial charge in [-0.15, -0.1) is 11.3 Å².